The Morgan fingerprint density at radius 2 is 2.05 bits per heavy atom. The van der Waals surface area contributed by atoms with E-state index in [1.807, 2.05) is 5.32 Å². The summed E-state index contributed by atoms with van der Waals surface area (Å²) < 4.78 is 0. The monoisotopic (exact) mass is 269 g/mol. The normalized spacial score (nSPS) is 19.3. The van der Waals surface area contributed by atoms with Gasteiger partial charge >= 0.3 is 12.0 Å². The second-order valence-electron chi connectivity index (χ2n) is 4.14. The first-order valence-corrected chi connectivity index (χ1v) is 5.65. The number of carboxylic acids is 1. The summed E-state index contributed by atoms with van der Waals surface area (Å²) in [6.07, 6.45) is 2.23. The average molecular weight is 269 g/mol. The van der Waals surface area contributed by atoms with Crippen molar-refractivity contribution in [1.82, 2.24) is 15.5 Å². The molecule has 0 aromatic rings. The quantitative estimate of drug-likeness (QED) is 0.573. The molecule has 8 heteroatoms. The molecule has 3 N–H and O–H groups in total. The third-order valence-corrected chi connectivity index (χ3v) is 2.58. The lowest BCUT2D eigenvalue weighted by atomic mass is 10.1. The predicted molar refractivity (Wildman–Crippen MR) is 64.1 cm³/mol. The van der Waals surface area contributed by atoms with Gasteiger partial charge in [0.2, 0.25) is 5.91 Å². The molecule has 1 aliphatic rings. The van der Waals surface area contributed by atoms with E-state index in [4.69, 9.17) is 5.11 Å². The Kier molecular flexibility index (Phi) is 5.04. The van der Waals surface area contributed by atoms with Gasteiger partial charge in [0.25, 0.3) is 5.91 Å². The van der Waals surface area contributed by atoms with Crippen LogP contribution in [0.4, 0.5) is 4.79 Å². The minimum atomic E-state index is -1.28. The third kappa shape index (κ3) is 5.19. The van der Waals surface area contributed by atoms with Crippen LogP contribution >= 0.6 is 0 Å². The van der Waals surface area contributed by atoms with Gasteiger partial charge in [-0.1, -0.05) is 0 Å². The largest absolute Gasteiger partial charge is 0.478 e. The Morgan fingerprint density at radius 1 is 1.37 bits per heavy atom. The summed E-state index contributed by atoms with van der Waals surface area (Å²) >= 11 is 0. The molecule has 1 saturated heterocycles. The maximum atomic E-state index is 11.4. The number of likely N-dealkylation sites (N-methyl/N-ethyl adjacent to an activating group) is 1. The van der Waals surface area contributed by atoms with Crippen molar-refractivity contribution in [3.63, 3.8) is 0 Å². The number of imide groups is 1. The third-order valence-electron chi connectivity index (χ3n) is 2.58. The Morgan fingerprint density at radius 3 is 2.63 bits per heavy atom. The van der Waals surface area contributed by atoms with Crippen LogP contribution in [-0.4, -0.2) is 53.5 Å². The average Bonchev–Trinajstić information content (AvgIpc) is 2.31. The zero-order valence-corrected chi connectivity index (χ0v) is 10.4. The molecule has 0 aromatic heterocycles. The number of nitrogens with zero attached hydrogens (tertiary/aromatic N) is 1. The molecule has 8 nitrogen and oxygen atoms in total. The summed E-state index contributed by atoms with van der Waals surface area (Å²) in [6, 6.07) is -0.938. The number of piperidine rings is 1. The van der Waals surface area contributed by atoms with Crippen LogP contribution in [0.15, 0.2) is 12.2 Å². The summed E-state index contributed by atoms with van der Waals surface area (Å²) in [5.74, 6) is -2.08. The molecule has 19 heavy (non-hydrogen) atoms. The Hall–Kier alpha value is -2.38. The van der Waals surface area contributed by atoms with Crippen LogP contribution in [0.5, 0.6) is 0 Å². The highest BCUT2D eigenvalue weighted by Crippen LogP contribution is 2.09. The van der Waals surface area contributed by atoms with Gasteiger partial charge in [0.05, 0.1) is 0 Å². The number of hydrogen-bond donors (Lipinski definition) is 3. The highest BCUT2D eigenvalue weighted by Gasteiger charge is 2.24. The van der Waals surface area contributed by atoms with Gasteiger partial charge in [-0.2, -0.15) is 0 Å². The van der Waals surface area contributed by atoms with Crippen LogP contribution < -0.4 is 10.6 Å². The topological polar surface area (TPSA) is 116 Å². The minimum Gasteiger partial charge on any atom is -0.478 e. The Balaban J connectivity index is 2.37. The van der Waals surface area contributed by atoms with Crippen LogP contribution in [0.3, 0.4) is 0 Å². The number of nitrogens with one attached hydrogen (secondary N) is 2. The van der Waals surface area contributed by atoms with Crippen LogP contribution in [0.2, 0.25) is 0 Å². The zero-order chi connectivity index (χ0) is 14.4. The second kappa shape index (κ2) is 6.53. The number of carboxylic acid groups (broad SMARTS) is 1. The fourth-order valence-electron chi connectivity index (χ4n) is 1.65. The molecular weight excluding hydrogens is 254 g/mol. The number of carbonyl (C=O) groups excluding carboxylic acids is 3. The molecule has 1 aliphatic heterocycles. The van der Waals surface area contributed by atoms with Crippen molar-refractivity contribution in [3.8, 4) is 0 Å². The van der Waals surface area contributed by atoms with Crippen LogP contribution in [0.1, 0.15) is 12.8 Å². The standard InChI is InChI=1S/C11H15N3O5/c1-14-6-7(2-4-9(14)16)12-11(19)13-8(15)3-5-10(17)18/h3,5,7H,2,4,6H2,1H3,(H,17,18)(H2,12,13,15,19). The number of carbonyl (C=O) groups is 4. The van der Waals surface area contributed by atoms with E-state index in [0.29, 0.717) is 25.5 Å². The van der Waals surface area contributed by atoms with Crippen molar-refractivity contribution in [2.75, 3.05) is 13.6 Å². The van der Waals surface area contributed by atoms with E-state index in [0.717, 1.165) is 6.08 Å². The maximum Gasteiger partial charge on any atom is 0.328 e. The second-order valence-corrected chi connectivity index (χ2v) is 4.14. The van der Waals surface area contributed by atoms with Gasteiger partial charge in [-0.3, -0.25) is 14.9 Å². The van der Waals surface area contributed by atoms with Crippen molar-refractivity contribution in [3.05, 3.63) is 12.2 Å². The minimum absolute atomic E-state index is 0.0129. The van der Waals surface area contributed by atoms with Gasteiger partial charge in [0.1, 0.15) is 0 Å². The predicted octanol–water partition coefficient (Wildman–Crippen LogP) is -0.926. The summed E-state index contributed by atoms with van der Waals surface area (Å²) in [7, 11) is 1.63. The van der Waals surface area contributed by atoms with Crippen molar-refractivity contribution in [2.45, 2.75) is 18.9 Å². The van der Waals surface area contributed by atoms with Crippen LogP contribution in [0.25, 0.3) is 0 Å². The smallest absolute Gasteiger partial charge is 0.328 e. The molecule has 0 aliphatic carbocycles. The number of aliphatic carboxylic acids is 1. The number of urea groups is 1. The fraction of sp³-hybridized carbons (Fsp3) is 0.455. The molecule has 1 fully saturated rings. The molecule has 0 bridgehead atoms. The summed E-state index contributed by atoms with van der Waals surface area (Å²) in [5.41, 5.74) is 0. The number of likely N-dealkylation sites (tertiary alicyclic amines) is 1. The Bertz CT molecular complexity index is 432. The van der Waals surface area contributed by atoms with Crippen molar-refractivity contribution in [1.29, 1.82) is 0 Å². The molecule has 104 valence electrons. The zero-order valence-electron chi connectivity index (χ0n) is 10.4. The molecule has 1 heterocycles. The molecule has 0 aromatic carbocycles. The van der Waals surface area contributed by atoms with Crippen molar-refractivity contribution >= 4 is 23.8 Å². The highest BCUT2D eigenvalue weighted by atomic mass is 16.4. The first-order valence-electron chi connectivity index (χ1n) is 5.65. The van der Waals surface area contributed by atoms with E-state index in [2.05, 4.69) is 5.32 Å². The van der Waals surface area contributed by atoms with Gasteiger partial charge in [-0.25, -0.2) is 9.59 Å². The van der Waals surface area contributed by atoms with E-state index in [-0.39, 0.29) is 11.9 Å². The maximum absolute atomic E-state index is 11.4. The number of hydrogen-bond acceptors (Lipinski definition) is 4. The van der Waals surface area contributed by atoms with E-state index in [1.54, 1.807) is 7.05 Å². The molecule has 4 amide bonds. The summed E-state index contributed by atoms with van der Waals surface area (Å²) in [4.78, 5) is 45.5. The summed E-state index contributed by atoms with van der Waals surface area (Å²) in [6.45, 7) is 0.380. The Labute approximate surface area is 109 Å². The van der Waals surface area contributed by atoms with Gasteiger partial charge in [0, 0.05) is 38.2 Å². The molecule has 0 spiro atoms. The van der Waals surface area contributed by atoms with E-state index >= 15 is 0 Å². The lowest BCUT2D eigenvalue weighted by Crippen LogP contribution is -2.51. The first kappa shape index (κ1) is 14.7. The number of rotatable bonds is 3. The molecule has 1 unspecified atom stereocenters. The number of amides is 4. The molecule has 1 rings (SSSR count). The first-order chi connectivity index (χ1) is 8.88. The van der Waals surface area contributed by atoms with Gasteiger partial charge < -0.3 is 15.3 Å². The van der Waals surface area contributed by atoms with Gasteiger partial charge in [-0.15, -0.1) is 0 Å². The molecule has 1 atom stereocenters. The van der Waals surface area contributed by atoms with Crippen LogP contribution in [0, 0.1) is 0 Å². The SMILES string of the molecule is CN1CC(NC(=O)NC(=O)C=CC(=O)O)CCC1=O. The van der Waals surface area contributed by atoms with Gasteiger partial charge in [0.15, 0.2) is 0 Å². The molecule has 0 saturated carbocycles. The molecule has 0 radical (unpaired) electrons. The van der Waals surface area contributed by atoms with Crippen LogP contribution in [-0.2, 0) is 14.4 Å². The van der Waals surface area contributed by atoms with Gasteiger partial charge in [-0.05, 0) is 6.42 Å². The lowest BCUT2D eigenvalue weighted by Gasteiger charge is -2.29. The van der Waals surface area contributed by atoms with Crippen molar-refractivity contribution in [2.24, 2.45) is 0 Å². The van der Waals surface area contributed by atoms with E-state index < -0.39 is 17.9 Å². The van der Waals surface area contributed by atoms with E-state index in [1.165, 1.54) is 4.90 Å². The molecular formula is C11H15N3O5. The lowest BCUT2D eigenvalue weighted by molar-refractivity contribution is -0.132. The summed E-state index contributed by atoms with van der Waals surface area (Å²) in [5, 5.41) is 12.8. The fourth-order valence-corrected chi connectivity index (χ4v) is 1.65. The highest BCUT2D eigenvalue weighted by molar-refractivity contribution is 6.02. The van der Waals surface area contributed by atoms with Crippen molar-refractivity contribution < 1.29 is 24.3 Å². The van der Waals surface area contributed by atoms with E-state index in [9.17, 15) is 19.2 Å².